The minimum absolute atomic E-state index is 0.156. The molecule has 0 amide bonds. The molecule has 1 aliphatic heterocycles. The summed E-state index contributed by atoms with van der Waals surface area (Å²) in [6.07, 6.45) is 1.68. The highest BCUT2D eigenvalue weighted by Gasteiger charge is 2.34. The lowest BCUT2D eigenvalue weighted by molar-refractivity contribution is 0.586. The summed E-state index contributed by atoms with van der Waals surface area (Å²) in [5.74, 6) is 0.620. The fourth-order valence-electron chi connectivity index (χ4n) is 2.01. The zero-order chi connectivity index (χ0) is 13.5. The monoisotopic (exact) mass is 333 g/mol. The number of aromatic nitrogens is 2. The van der Waals surface area contributed by atoms with E-state index in [-0.39, 0.29) is 10.3 Å². The van der Waals surface area contributed by atoms with Gasteiger partial charge in [0.2, 0.25) is 0 Å². The molecule has 0 spiro atoms. The van der Waals surface area contributed by atoms with Crippen LogP contribution < -0.4 is 10.5 Å². The van der Waals surface area contributed by atoms with Gasteiger partial charge < -0.3 is 4.90 Å². The van der Waals surface area contributed by atoms with Crippen LogP contribution in [0.5, 0.6) is 0 Å². The van der Waals surface area contributed by atoms with Crippen molar-refractivity contribution in [1.29, 1.82) is 0 Å². The third kappa shape index (κ3) is 2.38. The average Bonchev–Trinajstić information content (AvgIpc) is 2.30. The number of aryl methyl sites for hydroxylation is 1. The van der Waals surface area contributed by atoms with Gasteiger partial charge in [0.1, 0.15) is 4.47 Å². The quantitative estimate of drug-likeness (QED) is 0.765. The van der Waals surface area contributed by atoms with E-state index in [1.165, 1.54) is 4.68 Å². The first kappa shape index (κ1) is 13.7. The smallest absolute Gasteiger partial charge is 0.282 e. The van der Waals surface area contributed by atoms with Gasteiger partial charge in [-0.05, 0) is 29.8 Å². The Morgan fingerprint density at radius 2 is 2.17 bits per heavy atom. The van der Waals surface area contributed by atoms with Crippen molar-refractivity contribution in [2.24, 2.45) is 7.05 Å². The first-order chi connectivity index (χ1) is 8.33. The van der Waals surface area contributed by atoms with Crippen LogP contribution in [0.2, 0.25) is 0 Å². The van der Waals surface area contributed by atoms with Gasteiger partial charge in [-0.25, -0.2) is 4.68 Å². The molecule has 0 radical (unpaired) electrons. The molecule has 1 aromatic heterocycles. The van der Waals surface area contributed by atoms with E-state index in [0.717, 1.165) is 5.69 Å². The molecule has 1 atom stereocenters. The third-order valence-corrected chi connectivity index (χ3v) is 5.80. The van der Waals surface area contributed by atoms with Gasteiger partial charge in [-0.1, -0.05) is 0 Å². The molecule has 0 N–H and O–H groups in total. The highest BCUT2D eigenvalue weighted by molar-refractivity contribution is 9.10. The van der Waals surface area contributed by atoms with Crippen LogP contribution in [0.15, 0.2) is 15.5 Å². The SMILES string of the molecule is Cn1ncc(N2CCS(=O)C(C)(C)C2)c(Br)c1=O. The second kappa shape index (κ2) is 4.77. The van der Waals surface area contributed by atoms with Crippen LogP contribution in [0.4, 0.5) is 5.69 Å². The van der Waals surface area contributed by atoms with E-state index in [2.05, 4.69) is 25.9 Å². The summed E-state index contributed by atoms with van der Waals surface area (Å²) in [4.78, 5) is 13.9. The second-order valence-electron chi connectivity index (χ2n) is 5.00. The second-order valence-corrected chi connectivity index (χ2v) is 8.00. The van der Waals surface area contributed by atoms with Crippen molar-refractivity contribution < 1.29 is 4.21 Å². The van der Waals surface area contributed by atoms with E-state index in [1.54, 1.807) is 13.2 Å². The zero-order valence-corrected chi connectivity index (χ0v) is 13.0. The van der Waals surface area contributed by atoms with Crippen LogP contribution in [0.1, 0.15) is 13.8 Å². The zero-order valence-electron chi connectivity index (χ0n) is 10.6. The van der Waals surface area contributed by atoms with Gasteiger partial charge in [0.05, 0.1) is 16.6 Å². The molecule has 18 heavy (non-hydrogen) atoms. The molecule has 100 valence electrons. The summed E-state index contributed by atoms with van der Waals surface area (Å²) >= 11 is 3.33. The number of hydrogen-bond donors (Lipinski definition) is 0. The molecule has 5 nitrogen and oxygen atoms in total. The van der Waals surface area contributed by atoms with Crippen molar-refractivity contribution in [2.45, 2.75) is 18.6 Å². The normalized spacial score (nSPS) is 23.1. The fraction of sp³-hybridized carbons (Fsp3) is 0.636. The predicted octanol–water partition coefficient (Wildman–Crippen LogP) is 0.890. The fourth-order valence-corrected chi connectivity index (χ4v) is 3.86. The highest BCUT2D eigenvalue weighted by Crippen LogP contribution is 2.28. The molecule has 7 heteroatoms. The lowest BCUT2D eigenvalue weighted by Gasteiger charge is -2.38. The summed E-state index contributed by atoms with van der Waals surface area (Å²) in [6.45, 7) is 5.31. The van der Waals surface area contributed by atoms with Crippen molar-refractivity contribution in [2.75, 3.05) is 23.7 Å². The topological polar surface area (TPSA) is 55.2 Å². The average molecular weight is 334 g/mol. The van der Waals surface area contributed by atoms with Gasteiger partial charge in [0.25, 0.3) is 5.56 Å². The van der Waals surface area contributed by atoms with Gasteiger partial charge in [-0.3, -0.25) is 9.00 Å². The summed E-state index contributed by atoms with van der Waals surface area (Å²) in [5, 5.41) is 4.04. The Morgan fingerprint density at radius 3 is 2.78 bits per heavy atom. The Balaban J connectivity index is 2.37. The van der Waals surface area contributed by atoms with Crippen LogP contribution in [0.25, 0.3) is 0 Å². The van der Waals surface area contributed by atoms with Crippen LogP contribution >= 0.6 is 15.9 Å². The molecule has 1 aromatic rings. The maximum atomic E-state index is 11.9. The Labute approximate surface area is 117 Å². The van der Waals surface area contributed by atoms with Gasteiger partial charge in [-0.15, -0.1) is 0 Å². The largest absolute Gasteiger partial charge is 0.367 e. The molecule has 2 rings (SSSR count). The highest BCUT2D eigenvalue weighted by atomic mass is 79.9. The van der Waals surface area contributed by atoms with E-state index >= 15 is 0 Å². The minimum Gasteiger partial charge on any atom is -0.367 e. The summed E-state index contributed by atoms with van der Waals surface area (Å²) in [7, 11) is 0.795. The van der Waals surface area contributed by atoms with Gasteiger partial charge >= 0.3 is 0 Å². The van der Waals surface area contributed by atoms with Gasteiger partial charge in [0, 0.05) is 36.7 Å². The number of nitrogens with zero attached hydrogens (tertiary/aromatic N) is 3. The first-order valence-corrected chi connectivity index (χ1v) is 7.79. The van der Waals surface area contributed by atoms with Crippen LogP contribution in [-0.4, -0.2) is 37.6 Å². The molecular formula is C11H16BrN3O2S. The van der Waals surface area contributed by atoms with Gasteiger partial charge in [-0.2, -0.15) is 5.10 Å². The van der Waals surface area contributed by atoms with Crippen LogP contribution in [0, 0.1) is 0 Å². The van der Waals surface area contributed by atoms with E-state index in [0.29, 0.717) is 23.3 Å². The van der Waals surface area contributed by atoms with E-state index < -0.39 is 10.8 Å². The Hall–Kier alpha value is -0.690. The maximum Gasteiger partial charge on any atom is 0.282 e. The van der Waals surface area contributed by atoms with E-state index in [1.807, 2.05) is 13.8 Å². The van der Waals surface area contributed by atoms with Crippen molar-refractivity contribution in [3.8, 4) is 0 Å². The van der Waals surface area contributed by atoms with Crippen molar-refractivity contribution in [3.63, 3.8) is 0 Å². The standard InChI is InChI=1S/C11H16BrN3O2S/c1-11(2)7-15(4-5-18(11)17)8-6-13-14(3)10(16)9(8)12/h6H,4-5,7H2,1-3H3. The molecular weight excluding hydrogens is 318 g/mol. The molecule has 0 aliphatic carbocycles. The van der Waals surface area contributed by atoms with Crippen molar-refractivity contribution in [3.05, 3.63) is 21.0 Å². The number of rotatable bonds is 1. The molecule has 1 unspecified atom stereocenters. The Kier molecular flexibility index (Phi) is 3.64. The molecule has 0 saturated carbocycles. The maximum absolute atomic E-state index is 11.9. The van der Waals surface area contributed by atoms with Crippen molar-refractivity contribution in [1.82, 2.24) is 9.78 Å². The van der Waals surface area contributed by atoms with E-state index in [9.17, 15) is 9.00 Å². The summed E-state index contributed by atoms with van der Waals surface area (Å²) in [5.41, 5.74) is 0.625. The number of hydrogen-bond acceptors (Lipinski definition) is 4. The molecule has 0 aromatic carbocycles. The number of anilines is 1. The molecule has 1 saturated heterocycles. The summed E-state index contributed by atoms with van der Waals surface area (Å²) in [6, 6.07) is 0. The first-order valence-electron chi connectivity index (χ1n) is 5.68. The lowest BCUT2D eigenvalue weighted by Crippen LogP contribution is -2.50. The van der Waals surface area contributed by atoms with E-state index in [4.69, 9.17) is 0 Å². The Morgan fingerprint density at radius 1 is 1.50 bits per heavy atom. The molecule has 2 heterocycles. The van der Waals surface area contributed by atoms with Crippen LogP contribution in [0.3, 0.4) is 0 Å². The summed E-state index contributed by atoms with van der Waals surface area (Å²) < 4.78 is 13.4. The molecule has 0 bridgehead atoms. The third-order valence-electron chi connectivity index (χ3n) is 3.14. The minimum atomic E-state index is -0.822. The molecule has 1 aliphatic rings. The van der Waals surface area contributed by atoms with Crippen LogP contribution in [-0.2, 0) is 17.8 Å². The lowest BCUT2D eigenvalue weighted by atomic mass is 10.2. The predicted molar refractivity (Wildman–Crippen MR) is 76.5 cm³/mol. The molecule has 1 fully saturated rings. The van der Waals surface area contributed by atoms with Crippen molar-refractivity contribution >= 4 is 32.4 Å². The van der Waals surface area contributed by atoms with Gasteiger partial charge in [0.15, 0.2) is 0 Å². The Bertz CT molecular complexity index is 556. The number of halogens is 1.